The van der Waals surface area contributed by atoms with Crippen molar-refractivity contribution in [3.05, 3.63) is 6.92 Å². The highest BCUT2D eigenvalue weighted by atomic mass is 16.6. The van der Waals surface area contributed by atoms with Crippen LogP contribution >= 0.6 is 0 Å². The van der Waals surface area contributed by atoms with Crippen LogP contribution in [0.4, 0.5) is 4.79 Å². The lowest BCUT2D eigenvalue weighted by atomic mass is 10.2. The molecule has 0 bridgehead atoms. The molecule has 1 amide bonds. The van der Waals surface area contributed by atoms with E-state index in [4.69, 9.17) is 4.74 Å². The predicted molar refractivity (Wildman–Crippen MR) is 59.6 cm³/mol. The van der Waals surface area contributed by atoms with Crippen LogP contribution in [-0.2, 0) is 4.74 Å². The number of carbonyl (C=O) groups excluding carboxylic acids is 1. The molecule has 1 rings (SSSR count). The molecule has 1 saturated heterocycles. The Morgan fingerprint density at radius 1 is 1.33 bits per heavy atom. The summed E-state index contributed by atoms with van der Waals surface area (Å²) in [6.45, 7) is 10.7. The highest BCUT2D eigenvalue weighted by Gasteiger charge is 2.20. The minimum atomic E-state index is -0.172. The molecule has 0 aliphatic carbocycles. The summed E-state index contributed by atoms with van der Waals surface area (Å²) in [5.74, 6) is 0. The Balaban J connectivity index is 2.20. The van der Waals surface area contributed by atoms with E-state index >= 15 is 0 Å². The van der Waals surface area contributed by atoms with Gasteiger partial charge in [-0.3, -0.25) is 4.90 Å². The molecule has 1 heterocycles. The van der Waals surface area contributed by atoms with Crippen LogP contribution in [0.1, 0.15) is 19.8 Å². The molecule has 1 aliphatic heterocycles. The van der Waals surface area contributed by atoms with Gasteiger partial charge in [0.25, 0.3) is 0 Å². The van der Waals surface area contributed by atoms with Crippen molar-refractivity contribution < 1.29 is 9.53 Å². The number of unbranched alkanes of at least 4 members (excludes halogenated alkanes) is 1. The maximum atomic E-state index is 11.4. The van der Waals surface area contributed by atoms with E-state index < -0.39 is 0 Å². The zero-order valence-corrected chi connectivity index (χ0v) is 9.57. The maximum Gasteiger partial charge on any atom is 0.409 e. The largest absolute Gasteiger partial charge is 0.450 e. The van der Waals surface area contributed by atoms with Crippen molar-refractivity contribution in [3.63, 3.8) is 0 Å². The second-order valence-electron chi connectivity index (χ2n) is 3.73. The predicted octanol–water partition coefficient (Wildman–Crippen LogP) is 1.37. The molecule has 0 unspecified atom stereocenters. The number of piperazine rings is 1. The molecule has 87 valence electrons. The van der Waals surface area contributed by atoms with Gasteiger partial charge in [0.2, 0.25) is 0 Å². The number of carbonyl (C=O) groups is 1. The number of nitrogens with zero attached hydrogens (tertiary/aromatic N) is 2. The standard InChI is InChI=1S/C11H21N2O2/c1-3-5-6-12-7-9-13(10-8-12)11(14)15-4-2/h1,3-10H2,2H3. The fourth-order valence-corrected chi connectivity index (χ4v) is 1.70. The average Bonchev–Trinajstić information content (AvgIpc) is 2.27. The zero-order valence-electron chi connectivity index (χ0n) is 9.57. The Morgan fingerprint density at radius 2 is 2.00 bits per heavy atom. The lowest BCUT2D eigenvalue weighted by Gasteiger charge is -2.33. The van der Waals surface area contributed by atoms with Crippen LogP contribution in [-0.4, -0.2) is 55.2 Å². The van der Waals surface area contributed by atoms with Crippen molar-refractivity contribution in [3.8, 4) is 0 Å². The van der Waals surface area contributed by atoms with Crippen molar-refractivity contribution >= 4 is 6.09 Å². The second-order valence-corrected chi connectivity index (χ2v) is 3.73. The molecule has 1 aliphatic rings. The van der Waals surface area contributed by atoms with Gasteiger partial charge >= 0.3 is 6.09 Å². The summed E-state index contributed by atoms with van der Waals surface area (Å²) in [4.78, 5) is 15.6. The van der Waals surface area contributed by atoms with Gasteiger partial charge in [-0.1, -0.05) is 13.3 Å². The molecule has 15 heavy (non-hydrogen) atoms. The summed E-state index contributed by atoms with van der Waals surface area (Å²) in [7, 11) is 0. The van der Waals surface area contributed by atoms with Crippen molar-refractivity contribution in [2.45, 2.75) is 19.8 Å². The van der Waals surface area contributed by atoms with E-state index in [1.807, 2.05) is 6.92 Å². The Kier molecular flexibility index (Phi) is 5.47. The third kappa shape index (κ3) is 4.08. The minimum absolute atomic E-state index is 0.172. The SMILES string of the molecule is [CH2]CCCN1CCN(C(=O)OCC)CC1. The number of hydrogen-bond acceptors (Lipinski definition) is 3. The van der Waals surface area contributed by atoms with Crippen molar-refractivity contribution in [1.29, 1.82) is 0 Å². The van der Waals surface area contributed by atoms with E-state index in [9.17, 15) is 4.79 Å². The molecule has 0 saturated carbocycles. The molecule has 1 fully saturated rings. The quantitative estimate of drug-likeness (QED) is 0.707. The highest BCUT2D eigenvalue weighted by Crippen LogP contribution is 2.04. The van der Waals surface area contributed by atoms with Crippen LogP contribution in [0.5, 0.6) is 0 Å². The van der Waals surface area contributed by atoms with Crippen LogP contribution in [0, 0.1) is 6.92 Å². The van der Waals surface area contributed by atoms with E-state index in [1.54, 1.807) is 4.90 Å². The van der Waals surface area contributed by atoms with Crippen LogP contribution in [0.15, 0.2) is 0 Å². The van der Waals surface area contributed by atoms with Gasteiger partial charge in [-0.25, -0.2) is 4.79 Å². The Hall–Kier alpha value is -0.770. The fraction of sp³-hybridized carbons (Fsp3) is 0.818. The van der Waals surface area contributed by atoms with E-state index in [0.717, 1.165) is 45.6 Å². The average molecular weight is 213 g/mol. The molecule has 0 aromatic rings. The molecule has 4 heteroatoms. The summed E-state index contributed by atoms with van der Waals surface area (Å²) >= 11 is 0. The Morgan fingerprint density at radius 3 is 2.53 bits per heavy atom. The van der Waals surface area contributed by atoms with Gasteiger partial charge in [-0.15, -0.1) is 0 Å². The van der Waals surface area contributed by atoms with E-state index in [0.29, 0.717) is 6.61 Å². The van der Waals surface area contributed by atoms with Crippen LogP contribution in [0.2, 0.25) is 0 Å². The van der Waals surface area contributed by atoms with Crippen LogP contribution in [0.25, 0.3) is 0 Å². The van der Waals surface area contributed by atoms with Crippen LogP contribution in [0.3, 0.4) is 0 Å². The molecule has 0 atom stereocenters. The summed E-state index contributed by atoms with van der Waals surface area (Å²) in [5.41, 5.74) is 0. The van der Waals surface area contributed by atoms with E-state index in [2.05, 4.69) is 11.8 Å². The first-order valence-corrected chi connectivity index (χ1v) is 5.71. The Labute approximate surface area is 92.2 Å². The Bertz CT molecular complexity index is 189. The number of amides is 1. The third-order valence-corrected chi connectivity index (χ3v) is 2.62. The molecule has 4 nitrogen and oxygen atoms in total. The van der Waals surface area contributed by atoms with Crippen molar-refractivity contribution in [2.75, 3.05) is 39.3 Å². The van der Waals surface area contributed by atoms with E-state index in [-0.39, 0.29) is 6.09 Å². The molecule has 0 N–H and O–H groups in total. The zero-order chi connectivity index (χ0) is 11.1. The molecule has 1 radical (unpaired) electrons. The minimum Gasteiger partial charge on any atom is -0.450 e. The third-order valence-electron chi connectivity index (χ3n) is 2.62. The first-order chi connectivity index (χ1) is 7.27. The smallest absolute Gasteiger partial charge is 0.409 e. The lowest BCUT2D eigenvalue weighted by molar-refractivity contribution is 0.0794. The summed E-state index contributed by atoms with van der Waals surface area (Å²) < 4.78 is 4.96. The summed E-state index contributed by atoms with van der Waals surface area (Å²) in [5, 5.41) is 0. The number of hydrogen-bond donors (Lipinski definition) is 0. The lowest BCUT2D eigenvalue weighted by Crippen LogP contribution is -2.48. The first-order valence-electron chi connectivity index (χ1n) is 5.71. The molecular weight excluding hydrogens is 192 g/mol. The first kappa shape index (κ1) is 12.3. The van der Waals surface area contributed by atoms with Gasteiger partial charge in [0.1, 0.15) is 0 Å². The van der Waals surface area contributed by atoms with Gasteiger partial charge in [-0.05, 0) is 19.9 Å². The molecule has 0 aromatic carbocycles. The summed E-state index contributed by atoms with van der Waals surface area (Å²) in [6.07, 6.45) is 1.95. The highest BCUT2D eigenvalue weighted by molar-refractivity contribution is 5.67. The van der Waals surface area contributed by atoms with E-state index in [1.165, 1.54) is 0 Å². The van der Waals surface area contributed by atoms with Crippen molar-refractivity contribution in [2.24, 2.45) is 0 Å². The molecular formula is C11H21N2O2. The number of ether oxygens (including phenoxy) is 1. The van der Waals surface area contributed by atoms with Gasteiger partial charge < -0.3 is 9.64 Å². The second kappa shape index (κ2) is 6.67. The maximum absolute atomic E-state index is 11.4. The summed E-state index contributed by atoms with van der Waals surface area (Å²) in [6, 6.07) is 0. The van der Waals surface area contributed by atoms with Crippen LogP contribution < -0.4 is 0 Å². The monoisotopic (exact) mass is 213 g/mol. The molecule has 0 aromatic heterocycles. The normalized spacial score (nSPS) is 17.9. The molecule has 0 spiro atoms. The van der Waals surface area contributed by atoms with Gasteiger partial charge in [0.05, 0.1) is 6.61 Å². The van der Waals surface area contributed by atoms with Gasteiger partial charge in [0.15, 0.2) is 0 Å². The van der Waals surface area contributed by atoms with Crippen molar-refractivity contribution in [1.82, 2.24) is 9.80 Å². The van der Waals surface area contributed by atoms with Gasteiger partial charge in [-0.2, -0.15) is 0 Å². The number of rotatable bonds is 4. The van der Waals surface area contributed by atoms with Gasteiger partial charge in [0, 0.05) is 26.2 Å². The topological polar surface area (TPSA) is 32.8 Å². The fourth-order valence-electron chi connectivity index (χ4n) is 1.70.